The maximum absolute atomic E-state index is 13.3. The Morgan fingerprint density at radius 3 is 2.50 bits per heavy atom. The molecular formula is C24H26FN3OS. The number of hydrogen-bond acceptors (Lipinski definition) is 4. The highest BCUT2D eigenvalue weighted by Gasteiger charge is 2.20. The van der Waals surface area contributed by atoms with E-state index >= 15 is 0 Å². The number of benzene rings is 2. The third-order valence-corrected chi connectivity index (χ3v) is 6.81. The third-order valence-electron chi connectivity index (χ3n) is 5.72. The molecule has 0 saturated heterocycles. The van der Waals surface area contributed by atoms with E-state index in [1.807, 2.05) is 31.2 Å². The average Bonchev–Trinajstić information content (AvgIpc) is 2.79. The molecule has 0 unspecified atom stereocenters. The number of hydrogen-bond donors (Lipinski definition) is 1. The highest BCUT2D eigenvalue weighted by Crippen LogP contribution is 2.33. The fraction of sp³-hybridized carbons (Fsp3) is 0.375. The molecule has 30 heavy (non-hydrogen) atoms. The number of carbonyl (C=O) groups is 1. The van der Waals surface area contributed by atoms with E-state index in [4.69, 9.17) is 0 Å². The van der Waals surface area contributed by atoms with Gasteiger partial charge in [-0.15, -0.1) is 10.2 Å². The molecule has 1 aliphatic rings. The van der Waals surface area contributed by atoms with Crippen LogP contribution in [0.2, 0.25) is 0 Å². The lowest BCUT2D eigenvalue weighted by Gasteiger charge is -2.22. The molecular weight excluding hydrogens is 397 g/mol. The van der Waals surface area contributed by atoms with Crippen LogP contribution in [0.15, 0.2) is 53.6 Å². The van der Waals surface area contributed by atoms with Crippen molar-refractivity contribution in [3.05, 3.63) is 54.3 Å². The van der Waals surface area contributed by atoms with Gasteiger partial charge in [0.15, 0.2) is 0 Å². The first-order valence-electron chi connectivity index (χ1n) is 10.6. The number of carbonyl (C=O) groups excluding carboxylic acids is 1. The number of fused-ring (bicyclic) bond motifs is 1. The Hall–Kier alpha value is -2.47. The number of amides is 1. The minimum Gasteiger partial charge on any atom is -0.355 e. The van der Waals surface area contributed by atoms with Crippen LogP contribution >= 0.6 is 11.8 Å². The Morgan fingerprint density at radius 1 is 1.07 bits per heavy atom. The Kier molecular flexibility index (Phi) is 6.62. The molecule has 3 aromatic rings. The van der Waals surface area contributed by atoms with E-state index in [0.717, 1.165) is 27.9 Å². The van der Waals surface area contributed by atoms with Gasteiger partial charge in [-0.3, -0.25) is 4.79 Å². The molecule has 2 aromatic carbocycles. The van der Waals surface area contributed by atoms with Crippen molar-refractivity contribution < 1.29 is 9.18 Å². The van der Waals surface area contributed by atoms with Crippen LogP contribution < -0.4 is 5.32 Å². The largest absolute Gasteiger partial charge is 0.355 e. The van der Waals surface area contributed by atoms with Gasteiger partial charge in [-0.1, -0.05) is 55.3 Å². The number of nitrogens with one attached hydrogen (secondary N) is 1. The van der Waals surface area contributed by atoms with Crippen LogP contribution in [0.1, 0.15) is 39.0 Å². The van der Waals surface area contributed by atoms with Crippen molar-refractivity contribution in [3.8, 4) is 11.3 Å². The van der Waals surface area contributed by atoms with Gasteiger partial charge in [-0.25, -0.2) is 4.39 Å². The number of thioether (sulfide) groups is 1. The molecule has 1 atom stereocenters. The standard InChI is InChI=1S/C24H26FN3OS/c1-16(23(29)26-15-17-7-3-2-4-8-17)30-24-21-10-6-5-9-20(21)22(27-28-24)18-11-13-19(25)14-12-18/h5-6,9-14,16-17H,2-4,7-8,15H2,1H3,(H,26,29)/t16-/m1/s1. The lowest BCUT2D eigenvalue weighted by Crippen LogP contribution is -2.35. The smallest absolute Gasteiger partial charge is 0.233 e. The van der Waals surface area contributed by atoms with Crippen molar-refractivity contribution in [1.29, 1.82) is 0 Å². The second kappa shape index (κ2) is 9.56. The van der Waals surface area contributed by atoms with Crippen molar-refractivity contribution in [1.82, 2.24) is 15.5 Å². The second-order valence-electron chi connectivity index (χ2n) is 7.92. The van der Waals surface area contributed by atoms with Crippen LogP contribution in [-0.2, 0) is 4.79 Å². The zero-order valence-electron chi connectivity index (χ0n) is 17.1. The predicted molar refractivity (Wildman–Crippen MR) is 120 cm³/mol. The molecule has 0 aliphatic heterocycles. The maximum Gasteiger partial charge on any atom is 0.233 e. The molecule has 6 heteroatoms. The van der Waals surface area contributed by atoms with Gasteiger partial charge in [0.2, 0.25) is 5.91 Å². The Bertz CT molecular complexity index is 1020. The summed E-state index contributed by atoms with van der Waals surface area (Å²) in [6.07, 6.45) is 6.28. The maximum atomic E-state index is 13.3. The average molecular weight is 424 g/mol. The van der Waals surface area contributed by atoms with E-state index in [2.05, 4.69) is 15.5 Å². The summed E-state index contributed by atoms with van der Waals surface area (Å²) < 4.78 is 13.3. The highest BCUT2D eigenvalue weighted by molar-refractivity contribution is 8.00. The molecule has 4 nitrogen and oxygen atoms in total. The topological polar surface area (TPSA) is 54.9 Å². The zero-order chi connectivity index (χ0) is 20.9. The van der Waals surface area contributed by atoms with Crippen molar-refractivity contribution in [3.63, 3.8) is 0 Å². The lowest BCUT2D eigenvalue weighted by molar-refractivity contribution is -0.120. The van der Waals surface area contributed by atoms with Gasteiger partial charge in [-0.2, -0.15) is 0 Å². The van der Waals surface area contributed by atoms with E-state index in [-0.39, 0.29) is 17.0 Å². The molecule has 0 spiro atoms. The summed E-state index contributed by atoms with van der Waals surface area (Å²) in [5.41, 5.74) is 1.53. The molecule has 4 rings (SSSR count). The van der Waals surface area contributed by atoms with Crippen LogP contribution in [0.25, 0.3) is 22.0 Å². The summed E-state index contributed by atoms with van der Waals surface area (Å²) in [5.74, 6) is 0.367. The third kappa shape index (κ3) is 4.81. The van der Waals surface area contributed by atoms with Crippen molar-refractivity contribution in [2.45, 2.75) is 49.3 Å². The van der Waals surface area contributed by atoms with Crippen molar-refractivity contribution in [2.24, 2.45) is 5.92 Å². The quantitative estimate of drug-likeness (QED) is 0.523. The molecule has 156 valence electrons. The van der Waals surface area contributed by atoms with Crippen LogP contribution in [0, 0.1) is 11.7 Å². The normalized spacial score (nSPS) is 15.8. The Morgan fingerprint density at radius 2 is 1.77 bits per heavy atom. The van der Waals surface area contributed by atoms with Crippen LogP contribution in [-0.4, -0.2) is 27.9 Å². The van der Waals surface area contributed by atoms with E-state index in [9.17, 15) is 9.18 Å². The first kappa shape index (κ1) is 20.8. The summed E-state index contributed by atoms with van der Waals surface area (Å²) in [7, 11) is 0. The van der Waals surface area contributed by atoms with Crippen LogP contribution in [0.4, 0.5) is 4.39 Å². The van der Waals surface area contributed by atoms with E-state index in [1.54, 1.807) is 12.1 Å². The summed E-state index contributed by atoms with van der Waals surface area (Å²) in [5, 5.41) is 14.3. The van der Waals surface area contributed by atoms with Crippen molar-refractivity contribution in [2.75, 3.05) is 6.54 Å². The molecule has 1 amide bonds. The highest BCUT2D eigenvalue weighted by atomic mass is 32.2. The van der Waals surface area contributed by atoms with Crippen LogP contribution in [0.3, 0.4) is 0 Å². The molecule has 1 heterocycles. The van der Waals surface area contributed by atoms with Gasteiger partial charge in [0.25, 0.3) is 0 Å². The SMILES string of the molecule is C[C@@H](Sc1nnc(-c2ccc(F)cc2)c2ccccc12)C(=O)NCC1CCCCC1. The van der Waals surface area contributed by atoms with Gasteiger partial charge < -0.3 is 5.32 Å². The number of aromatic nitrogens is 2. The molecule has 1 aromatic heterocycles. The minimum absolute atomic E-state index is 0.0408. The minimum atomic E-state index is -0.281. The molecule has 1 fully saturated rings. The fourth-order valence-electron chi connectivity index (χ4n) is 3.99. The van der Waals surface area contributed by atoms with E-state index < -0.39 is 0 Å². The van der Waals surface area contributed by atoms with Gasteiger partial charge in [0, 0.05) is 22.9 Å². The monoisotopic (exact) mass is 423 g/mol. The first-order chi connectivity index (χ1) is 14.6. The van der Waals surface area contributed by atoms with E-state index in [1.165, 1.54) is 56.0 Å². The molecule has 1 N–H and O–H groups in total. The molecule has 1 aliphatic carbocycles. The van der Waals surface area contributed by atoms with Gasteiger partial charge >= 0.3 is 0 Å². The summed E-state index contributed by atoms with van der Waals surface area (Å²) >= 11 is 1.43. The predicted octanol–water partition coefficient (Wildman–Crippen LogP) is 5.61. The van der Waals surface area contributed by atoms with Gasteiger partial charge in [0.05, 0.1) is 5.25 Å². The number of rotatable bonds is 6. The Balaban J connectivity index is 1.50. The Labute approximate surface area is 180 Å². The molecule has 0 bridgehead atoms. The van der Waals surface area contributed by atoms with Crippen LogP contribution in [0.5, 0.6) is 0 Å². The first-order valence-corrected chi connectivity index (χ1v) is 11.5. The van der Waals surface area contributed by atoms with Gasteiger partial charge in [0.1, 0.15) is 16.5 Å². The number of halogens is 1. The fourth-order valence-corrected chi connectivity index (χ4v) is 4.91. The molecule has 0 radical (unpaired) electrons. The lowest BCUT2D eigenvalue weighted by atomic mass is 9.89. The zero-order valence-corrected chi connectivity index (χ0v) is 17.9. The second-order valence-corrected chi connectivity index (χ2v) is 9.25. The summed E-state index contributed by atoms with van der Waals surface area (Å²) in [6, 6.07) is 14.1. The summed E-state index contributed by atoms with van der Waals surface area (Å²) in [6.45, 7) is 2.67. The van der Waals surface area contributed by atoms with Crippen molar-refractivity contribution >= 4 is 28.4 Å². The van der Waals surface area contributed by atoms with E-state index in [0.29, 0.717) is 11.6 Å². The number of nitrogens with zero attached hydrogens (tertiary/aromatic N) is 2. The van der Waals surface area contributed by atoms with Gasteiger partial charge in [-0.05, 0) is 49.9 Å². The molecule has 1 saturated carbocycles. The summed E-state index contributed by atoms with van der Waals surface area (Å²) in [4.78, 5) is 12.6.